The third-order valence-electron chi connectivity index (χ3n) is 3.02. The lowest BCUT2D eigenvalue weighted by Gasteiger charge is -2.32. The highest BCUT2D eigenvalue weighted by atomic mass is 16.6. The Morgan fingerprint density at radius 3 is 2.10 bits per heavy atom. The Labute approximate surface area is 127 Å². The molecule has 0 saturated heterocycles. The van der Waals surface area contributed by atoms with Gasteiger partial charge in [-0.05, 0) is 45.7 Å². The molecule has 4 nitrogen and oxygen atoms in total. The van der Waals surface area contributed by atoms with Gasteiger partial charge in [0.05, 0.1) is 6.04 Å². The topological polar surface area (TPSA) is 46.6 Å². The second kappa shape index (κ2) is 6.74. The maximum Gasteiger partial charge on any atom is 0.415 e. The molecule has 4 heteroatoms. The molecule has 21 heavy (non-hydrogen) atoms. The van der Waals surface area contributed by atoms with Crippen molar-refractivity contribution in [3.8, 4) is 0 Å². The fourth-order valence-electron chi connectivity index (χ4n) is 1.93. The minimum absolute atomic E-state index is 0.00341. The first-order valence-electron chi connectivity index (χ1n) is 7.20. The Balaban J connectivity index is 3.19. The van der Waals surface area contributed by atoms with Crippen LogP contribution in [-0.4, -0.2) is 24.0 Å². The van der Waals surface area contributed by atoms with E-state index in [1.54, 1.807) is 0 Å². The molecule has 0 aliphatic heterocycles. The van der Waals surface area contributed by atoms with Crippen LogP contribution in [0.4, 0.5) is 10.5 Å². The van der Waals surface area contributed by atoms with Crippen molar-refractivity contribution >= 4 is 18.1 Å². The van der Waals surface area contributed by atoms with E-state index in [1.165, 1.54) is 4.90 Å². The average molecular weight is 291 g/mol. The minimum Gasteiger partial charge on any atom is -0.443 e. The van der Waals surface area contributed by atoms with Gasteiger partial charge in [0.25, 0.3) is 0 Å². The van der Waals surface area contributed by atoms with E-state index in [0.29, 0.717) is 5.69 Å². The smallest absolute Gasteiger partial charge is 0.415 e. The SMILES string of the molecule is Cc1ccc(N(C(=O)OC(C)(C)C)C(C=O)C(C)C)cc1. The molecule has 0 spiro atoms. The van der Waals surface area contributed by atoms with Crippen LogP contribution in [0.3, 0.4) is 0 Å². The Hall–Kier alpha value is -1.84. The molecular weight excluding hydrogens is 266 g/mol. The molecule has 1 aromatic carbocycles. The van der Waals surface area contributed by atoms with Crippen LogP contribution in [-0.2, 0) is 9.53 Å². The number of hydrogen-bond acceptors (Lipinski definition) is 3. The molecule has 1 rings (SSSR count). The zero-order chi connectivity index (χ0) is 16.2. The van der Waals surface area contributed by atoms with Crippen LogP contribution in [0, 0.1) is 12.8 Å². The van der Waals surface area contributed by atoms with Gasteiger partial charge < -0.3 is 9.53 Å². The molecule has 0 N–H and O–H groups in total. The lowest BCUT2D eigenvalue weighted by molar-refractivity contribution is -0.109. The van der Waals surface area contributed by atoms with Gasteiger partial charge in [0.15, 0.2) is 0 Å². The molecule has 1 unspecified atom stereocenters. The van der Waals surface area contributed by atoms with Crippen LogP contribution in [0.1, 0.15) is 40.2 Å². The highest BCUT2D eigenvalue weighted by molar-refractivity contribution is 5.92. The van der Waals surface area contributed by atoms with Crippen LogP contribution in [0.25, 0.3) is 0 Å². The van der Waals surface area contributed by atoms with Gasteiger partial charge in [0, 0.05) is 5.69 Å². The standard InChI is InChI=1S/C17H25NO3/c1-12(2)15(11-19)18(16(20)21-17(4,5)6)14-9-7-13(3)8-10-14/h7-12,15H,1-6H3. The van der Waals surface area contributed by atoms with Crippen LogP contribution < -0.4 is 4.90 Å². The number of rotatable bonds is 4. The molecule has 1 amide bonds. The fourth-order valence-corrected chi connectivity index (χ4v) is 1.93. The van der Waals surface area contributed by atoms with Crippen molar-refractivity contribution < 1.29 is 14.3 Å². The normalized spacial score (nSPS) is 12.9. The van der Waals surface area contributed by atoms with Crippen LogP contribution >= 0.6 is 0 Å². The van der Waals surface area contributed by atoms with Crippen molar-refractivity contribution in [2.45, 2.75) is 53.2 Å². The molecule has 0 saturated carbocycles. The third-order valence-corrected chi connectivity index (χ3v) is 3.02. The van der Waals surface area contributed by atoms with Crippen molar-refractivity contribution in [1.82, 2.24) is 0 Å². The molecule has 1 atom stereocenters. The zero-order valence-electron chi connectivity index (χ0n) is 13.7. The summed E-state index contributed by atoms with van der Waals surface area (Å²) in [6, 6.07) is 6.93. The molecule has 0 fully saturated rings. The summed E-state index contributed by atoms with van der Waals surface area (Å²) < 4.78 is 5.45. The molecule has 0 aliphatic rings. The molecule has 0 aliphatic carbocycles. The van der Waals surface area contributed by atoms with Crippen molar-refractivity contribution in [3.05, 3.63) is 29.8 Å². The summed E-state index contributed by atoms with van der Waals surface area (Å²) in [4.78, 5) is 25.4. The summed E-state index contributed by atoms with van der Waals surface area (Å²) in [6.07, 6.45) is 0.297. The summed E-state index contributed by atoms with van der Waals surface area (Å²) in [5.41, 5.74) is 1.15. The summed E-state index contributed by atoms with van der Waals surface area (Å²) in [7, 11) is 0. The van der Waals surface area contributed by atoms with Gasteiger partial charge in [0.2, 0.25) is 0 Å². The Bertz CT molecular complexity index is 486. The predicted molar refractivity (Wildman–Crippen MR) is 84.6 cm³/mol. The maximum absolute atomic E-state index is 12.5. The van der Waals surface area contributed by atoms with Gasteiger partial charge in [-0.2, -0.15) is 0 Å². The number of amides is 1. The van der Waals surface area contributed by atoms with E-state index in [0.717, 1.165) is 11.8 Å². The van der Waals surface area contributed by atoms with E-state index in [-0.39, 0.29) is 5.92 Å². The van der Waals surface area contributed by atoms with Crippen molar-refractivity contribution in [3.63, 3.8) is 0 Å². The van der Waals surface area contributed by atoms with Gasteiger partial charge in [-0.3, -0.25) is 4.90 Å². The van der Waals surface area contributed by atoms with E-state index in [4.69, 9.17) is 4.74 Å². The molecular formula is C17H25NO3. The number of hydrogen-bond donors (Lipinski definition) is 0. The summed E-state index contributed by atoms with van der Waals surface area (Å²) in [6.45, 7) is 11.2. The Morgan fingerprint density at radius 2 is 1.71 bits per heavy atom. The van der Waals surface area contributed by atoms with Crippen LogP contribution in [0.15, 0.2) is 24.3 Å². The summed E-state index contributed by atoms with van der Waals surface area (Å²) >= 11 is 0. The number of aryl methyl sites for hydroxylation is 1. The summed E-state index contributed by atoms with van der Waals surface area (Å²) in [5.74, 6) is -0.00341. The number of carbonyl (C=O) groups excluding carboxylic acids is 2. The van der Waals surface area contributed by atoms with Gasteiger partial charge >= 0.3 is 6.09 Å². The highest BCUT2D eigenvalue weighted by Crippen LogP contribution is 2.23. The third kappa shape index (κ3) is 4.88. The minimum atomic E-state index is -0.607. The van der Waals surface area contributed by atoms with Crippen molar-refractivity contribution in [2.24, 2.45) is 5.92 Å². The Kier molecular flexibility index (Phi) is 5.53. The van der Waals surface area contributed by atoms with Crippen LogP contribution in [0.5, 0.6) is 0 Å². The number of benzene rings is 1. The van der Waals surface area contributed by atoms with Gasteiger partial charge in [-0.25, -0.2) is 4.79 Å². The highest BCUT2D eigenvalue weighted by Gasteiger charge is 2.31. The second-order valence-corrected chi connectivity index (χ2v) is 6.56. The van der Waals surface area contributed by atoms with Gasteiger partial charge in [-0.1, -0.05) is 31.5 Å². The molecule has 0 heterocycles. The lowest BCUT2D eigenvalue weighted by atomic mass is 10.0. The van der Waals surface area contributed by atoms with Gasteiger partial charge in [-0.15, -0.1) is 0 Å². The van der Waals surface area contributed by atoms with Crippen molar-refractivity contribution in [1.29, 1.82) is 0 Å². The average Bonchev–Trinajstić information content (AvgIpc) is 2.34. The monoisotopic (exact) mass is 291 g/mol. The van der Waals surface area contributed by atoms with E-state index in [1.807, 2.05) is 65.8 Å². The first-order chi connectivity index (χ1) is 9.65. The number of nitrogens with zero attached hydrogens (tertiary/aromatic N) is 1. The molecule has 0 bridgehead atoms. The fraction of sp³-hybridized carbons (Fsp3) is 0.529. The van der Waals surface area contributed by atoms with E-state index < -0.39 is 17.7 Å². The number of carbonyl (C=O) groups is 2. The molecule has 0 aromatic heterocycles. The molecule has 116 valence electrons. The van der Waals surface area contributed by atoms with E-state index >= 15 is 0 Å². The maximum atomic E-state index is 12.5. The van der Waals surface area contributed by atoms with E-state index in [9.17, 15) is 9.59 Å². The lowest BCUT2D eigenvalue weighted by Crippen LogP contribution is -2.47. The zero-order valence-corrected chi connectivity index (χ0v) is 13.7. The first-order valence-corrected chi connectivity index (χ1v) is 7.20. The van der Waals surface area contributed by atoms with Gasteiger partial charge in [0.1, 0.15) is 11.9 Å². The number of ether oxygens (including phenoxy) is 1. The largest absolute Gasteiger partial charge is 0.443 e. The predicted octanol–water partition coefficient (Wildman–Crippen LogP) is 3.96. The Morgan fingerprint density at radius 1 is 1.19 bits per heavy atom. The van der Waals surface area contributed by atoms with E-state index in [2.05, 4.69) is 0 Å². The second-order valence-electron chi connectivity index (χ2n) is 6.56. The summed E-state index contributed by atoms with van der Waals surface area (Å²) in [5, 5.41) is 0. The van der Waals surface area contributed by atoms with Crippen LogP contribution in [0.2, 0.25) is 0 Å². The quantitative estimate of drug-likeness (QED) is 0.789. The van der Waals surface area contributed by atoms with Crippen molar-refractivity contribution in [2.75, 3.05) is 4.90 Å². The molecule has 0 radical (unpaired) electrons. The first kappa shape index (κ1) is 17.2. The molecule has 1 aromatic rings. The number of aldehydes is 1. The number of anilines is 1.